The van der Waals surface area contributed by atoms with Crippen molar-refractivity contribution in [3.8, 4) is 0 Å². The summed E-state index contributed by atoms with van der Waals surface area (Å²) in [5.41, 5.74) is 0.523. The molecule has 4 rings (SSSR count). The van der Waals surface area contributed by atoms with Crippen molar-refractivity contribution in [1.29, 1.82) is 0 Å². The third kappa shape index (κ3) is 4.08. The Bertz CT molecular complexity index is 864. The van der Waals surface area contributed by atoms with Gasteiger partial charge in [-0.15, -0.1) is 0 Å². The first-order chi connectivity index (χ1) is 14.2. The lowest BCUT2D eigenvalue weighted by atomic mass is 9.85. The van der Waals surface area contributed by atoms with Gasteiger partial charge in [0.1, 0.15) is 0 Å². The maximum Gasteiger partial charge on any atom is 0.391 e. The smallest absolute Gasteiger partial charge is 0.376 e. The summed E-state index contributed by atoms with van der Waals surface area (Å²) in [5, 5.41) is 2.66. The zero-order valence-electron chi connectivity index (χ0n) is 16.3. The highest BCUT2D eigenvalue weighted by atomic mass is 19.4. The van der Waals surface area contributed by atoms with Gasteiger partial charge in [-0.2, -0.15) is 13.2 Å². The third-order valence-corrected chi connectivity index (χ3v) is 6.12. The van der Waals surface area contributed by atoms with Crippen LogP contribution in [0.5, 0.6) is 0 Å². The van der Waals surface area contributed by atoms with E-state index in [9.17, 15) is 27.6 Å². The van der Waals surface area contributed by atoms with Crippen molar-refractivity contribution >= 4 is 17.7 Å². The van der Waals surface area contributed by atoms with Gasteiger partial charge in [-0.05, 0) is 50.3 Å². The van der Waals surface area contributed by atoms with E-state index in [0.717, 1.165) is 17.7 Å². The summed E-state index contributed by atoms with van der Waals surface area (Å²) in [6.45, 7) is 0.781. The molecule has 9 heteroatoms. The second kappa shape index (κ2) is 8.02. The number of carbonyl (C=O) groups is 3. The van der Waals surface area contributed by atoms with Gasteiger partial charge in [0.05, 0.1) is 29.7 Å². The van der Waals surface area contributed by atoms with Crippen LogP contribution in [0.4, 0.5) is 13.2 Å². The van der Waals surface area contributed by atoms with Crippen LogP contribution >= 0.6 is 0 Å². The molecule has 0 radical (unpaired) electrons. The Morgan fingerprint density at radius 1 is 1.10 bits per heavy atom. The Morgan fingerprint density at radius 2 is 1.87 bits per heavy atom. The molecule has 2 aliphatic heterocycles. The van der Waals surface area contributed by atoms with Crippen LogP contribution in [0.2, 0.25) is 0 Å². The van der Waals surface area contributed by atoms with Crippen molar-refractivity contribution < 1.29 is 32.3 Å². The van der Waals surface area contributed by atoms with Crippen LogP contribution < -0.4 is 5.32 Å². The molecule has 2 heterocycles. The number of carbonyl (C=O) groups excluding carboxylic acids is 3. The largest absolute Gasteiger partial charge is 0.391 e. The predicted octanol–water partition coefficient (Wildman–Crippen LogP) is 3.31. The van der Waals surface area contributed by atoms with Gasteiger partial charge in [0.25, 0.3) is 17.7 Å². The summed E-state index contributed by atoms with van der Waals surface area (Å²) in [7, 11) is 0. The first-order valence-electron chi connectivity index (χ1n) is 10.2. The summed E-state index contributed by atoms with van der Waals surface area (Å²) in [6.07, 6.45) is -1.98. The molecular formula is C21H23F3N2O4. The lowest BCUT2D eigenvalue weighted by Crippen LogP contribution is -2.41. The Labute approximate surface area is 171 Å². The van der Waals surface area contributed by atoms with E-state index >= 15 is 0 Å². The number of nitrogens with zero attached hydrogens (tertiary/aromatic N) is 1. The van der Waals surface area contributed by atoms with Gasteiger partial charge in [-0.1, -0.05) is 6.42 Å². The minimum Gasteiger partial charge on any atom is -0.376 e. The van der Waals surface area contributed by atoms with Crippen molar-refractivity contribution in [2.45, 2.75) is 56.8 Å². The number of hydrogen-bond acceptors (Lipinski definition) is 4. The molecule has 1 aromatic carbocycles. The number of ether oxygens (including phenoxy) is 1. The van der Waals surface area contributed by atoms with Gasteiger partial charge >= 0.3 is 6.18 Å². The third-order valence-electron chi connectivity index (χ3n) is 6.12. The van der Waals surface area contributed by atoms with E-state index in [4.69, 9.17) is 4.74 Å². The number of nitrogens with one attached hydrogen (secondary N) is 1. The summed E-state index contributed by atoms with van der Waals surface area (Å²) >= 11 is 0. The van der Waals surface area contributed by atoms with Gasteiger partial charge in [-0.3, -0.25) is 19.3 Å². The Balaban J connectivity index is 1.44. The van der Waals surface area contributed by atoms with Gasteiger partial charge in [0.15, 0.2) is 0 Å². The van der Waals surface area contributed by atoms with E-state index in [-0.39, 0.29) is 42.2 Å². The standard InChI is InChI=1S/C21H23F3N2O4/c22-21(23,24)13-3-1-4-14(10-13)25-18(27)12-6-7-16-17(9-12)20(29)26(19(16)28)11-15-5-2-8-30-15/h6-7,9,13-15H,1-5,8,10-11H2,(H,25,27). The number of alkyl halides is 3. The highest BCUT2D eigenvalue weighted by Crippen LogP contribution is 2.37. The molecule has 0 bridgehead atoms. The van der Waals surface area contributed by atoms with Crippen molar-refractivity contribution in [3.63, 3.8) is 0 Å². The maximum atomic E-state index is 13.0. The highest BCUT2D eigenvalue weighted by molar-refractivity contribution is 6.22. The van der Waals surface area contributed by atoms with Crippen LogP contribution in [0.15, 0.2) is 18.2 Å². The number of hydrogen-bond donors (Lipinski definition) is 1. The first kappa shape index (κ1) is 20.8. The van der Waals surface area contributed by atoms with E-state index in [1.54, 1.807) is 0 Å². The Kier molecular flexibility index (Phi) is 5.57. The molecule has 1 saturated carbocycles. The van der Waals surface area contributed by atoms with Gasteiger partial charge in [0.2, 0.25) is 0 Å². The van der Waals surface area contributed by atoms with Crippen LogP contribution in [0, 0.1) is 5.92 Å². The number of rotatable bonds is 4. The molecule has 1 aliphatic carbocycles. The lowest BCUT2D eigenvalue weighted by Gasteiger charge is -2.31. The minimum absolute atomic E-state index is 0.0753. The zero-order chi connectivity index (χ0) is 21.5. The monoisotopic (exact) mass is 424 g/mol. The van der Waals surface area contributed by atoms with Crippen molar-refractivity contribution in [2.75, 3.05) is 13.2 Å². The van der Waals surface area contributed by atoms with Crippen LogP contribution in [-0.4, -0.2) is 54.1 Å². The second-order valence-corrected chi connectivity index (χ2v) is 8.19. The lowest BCUT2D eigenvalue weighted by molar-refractivity contribution is -0.183. The number of amides is 3. The fourth-order valence-corrected chi connectivity index (χ4v) is 4.48. The fourth-order valence-electron chi connectivity index (χ4n) is 4.48. The molecular weight excluding hydrogens is 401 g/mol. The Hall–Kier alpha value is -2.42. The van der Waals surface area contributed by atoms with Crippen LogP contribution in [0.3, 0.4) is 0 Å². The van der Waals surface area contributed by atoms with Gasteiger partial charge in [0, 0.05) is 18.2 Å². The van der Waals surface area contributed by atoms with E-state index in [1.165, 1.54) is 18.2 Å². The molecule has 1 aromatic rings. The highest BCUT2D eigenvalue weighted by Gasteiger charge is 2.42. The molecule has 30 heavy (non-hydrogen) atoms. The predicted molar refractivity (Wildman–Crippen MR) is 100 cm³/mol. The second-order valence-electron chi connectivity index (χ2n) is 8.19. The molecule has 3 aliphatic rings. The van der Waals surface area contributed by atoms with Crippen molar-refractivity contribution in [1.82, 2.24) is 10.2 Å². The van der Waals surface area contributed by atoms with Crippen molar-refractivity contribution in [2.24, 2.45) is 5.92 Å². The average molecular weight is 424 g/mol. The molecule has 3 atom stereocenters. The first-order valence-corrected chi connectivity index (χ1v) is 10.2. The normalized spacial score (nSPS) is 26.8. The summed E-state index contributed by atoms with van der Waals surface area (Å²) < 4.78 is 44.5. The van der Waals surface area contributed by atoms with Gasteiger partial charge < -0.3 is 10.1 Å². The summed E-state index contributed by atoms with van der Waals surface area (Å²) in [6, 6.07) is 3.64. The topological polar surface area (TPSA) is 75.7 Å². The number of benzene rings is 1. The molecule has 2 fully saturated rings. The quantitative estimate of drug-likeness (QED) is 0.753. The molecule has 6 nitrogen and oxygen atoms in total. The van der Waals surface area contributed by atoms with Crippen LogP contribution in [0.1, 0.15) is 69.6 Å². The fraction of sp³-hybridized carbons (Fsp3) is 0.571. The van der Waals surface area contributed by atoms with Crippen LogP contribution in [-0.2, 0) is 4.74 Å². The van der Waals surface area contributed by atoms with Crippen LogP contribution in [0.25, 0.3) is 0 Å². The summed E-state index contributed by atoms with van der Waals surface area (Å²) in [5.74, 6) is -2.85. The average Bonchev–Trinajstić information content (AvgIpc) is 3.30. The Morgan fingerprint density at radius 3 is 2.57 bits per heavy atom. The number of imide groups is 1. The van der Waals surface area contributed by atoms with Crippen molar-refractivity contribution in [3.05, 3.63) is 34.9 Å². The van der Waals surface area contributed by atoms with Gasteiger partial charge in [-0.25, -0.2) is 0 Å². The molecule has 0 spiro atoms. The van der Waals surface area contributed by atoms with E-state index in [0.29, 0.717) is 19.4 Å². The number of fused-ring (bicyclic) bond motifs is 1. The molecule has 162 valence electrons. The molecule has 3 amide bonds. The molecule has 1 N–H and O–H groups in total. The zero-order valence-corrected chi connectivity index (χ0v) is 16.3. The van der Waals surface area contributed by atoms with E-state index in [2.05, 4.69) is 5.32 Å². The summed E-state index contributed by atoms with van der Waals surface area (Å²) in [4.78, 5) is 39.0. The minimum atomic E-state index is -4.27. The molecule has 1 saturated heterocycles. The number of halogens is 3. The van der Waals surface area contributed by atoms with E-state index in [1.807, 2.05) is 0 Å². The molecule has 3 unspecified atom stereocenters. The molecule has 0 aromatic heterocycles. The van der Waals surface area contributed by atoms with E-state index < -0.39 is 35.9 Å². The maximum absolute atomic E-state index is 13.0. The SMILES string of the molecule is O=C(NC1CCCC(C(F)(F)F)C1)c1ccc2c(c1)C(=O)N(CC1CCCO1)C2=O.